The zero-order valence-corrected chi connectivity index (χ0v) is 34.6. The lowest BCUT2D eigenvalue weighted by molar-refractivity contribution is -0.134. The van der Waals surface area contributed by atoms with Gasteiger partial charge in [0.25, 0.3) is 5.91 Å². The van der Waals surface area contributed by atoms with Crippen molar-refractivity contribution in [2.75, 3.05) is 33.3 Å². The first kappa shape index (κ1) is 39.9. The maximum absolute atomic E-state index is 13.9. The molecule has 9 rings (SSSR count). The van der Waals surface area contributed by atoms with Gasteiger partial charge in [-0.3, -0.25) is 14.5 Å². The van der Waals surface area contributed by atoms with Gasteiger partial charge in [0, 0.05) is 19.6 Å². The molecule has 3 fully saturated rings. The van der Waals surface area contributed by atoms with E-state index in [-0.39, 0.29) is 23.9 Å². The van der Waals surface area contributed by atoms with Crippen LogP contribution in [0.15, 0.2) is 116 Å². The molecule has 3 aliphatic heterocycles. The Kier molecular flexibility index (Phi) is 11.8. The highest BCUT2D eigenvalue weighted by Gasteiger charge is 2.37. The molecule has 0 spiro atoms. The van der Waals surface area contributed by atoms with Crippen LogP contribution in [0.3, 0.4) is 0 Å². The van der Waals surface area contributed by atoms with Crippen LogP contribution in [0.2, 0.25) is 0 Å². The number of aromatic nitrogens is 4. The van der Waals surface area contributed by atoms with E-state index in [0.717, 1.165) is 96.9 Å². The quantitative estimate of drug-likeness (QED) is 0.113. The van der Waals surface area contributed by atoms with Crippen LogP contribution in [-0.4, -0.2) is 85.8 Å². The van der Waals surface area contributed by atoms with Crippen molar-refractivity contribution in [3.8, 4) is 33.6 Å². The molecule has 4 aromatic carbocycles. The summed E-state index contributed by atoms with van der Waals surface area (Å²) in [6.45, 7) is 4.49. The Morgan fingerprint density at radius 3 is 1.77 bits per heavy atom. The maximum atomic E-state index is 13.9. The van der Waals surface area contributed by atoms with E-state index in [9.17, 15) is 14.4 Å². The smallest absolute Gasteiger partial charge is 0.407 e. The van der Waals surface area contributed by atoms with Crippen molar-refractivity contribution in [3.05, 3.63) is 144 Å². The van der Waals surface area contributed by atoms with Gasteiger partial charge in [0.05, 0.1) is 49.4 Å². The number of alkyl carbamates (subject to hydrolysis) is 1. The number of carbonyl (C=O) groups excluding carboxylic acids is 3. The van der Waals surface area contributed by atoms with Gasteiger partial charge in [-0.05, 0) is 90.6 Å². The monoisotopic (exact) mass is 816 g/mol. The average molecular weight is 817 g/mol. The summed E-state index contributed by atoms with van der Waals surface area (Å²) in [6, 6.07) is 33.3. The predicted molar refractivity (Wildman–Crippen MR) is 234 cm³/mol. The Balaban J connectivity index is 0.836. The Bertz CT molecular complexity index is 2460. The summed E-state index contributed by atoms with van der Waals surface area (Å²) in [4.78, 5) is 62.8. The van der Waals surface area contributed by atoms with Crippen LogP contribution >= 0.6 is 0 Å². The number of nitrogens with one attached hydrogen (secondary N) is 3. The van der Waals surface area contributed by atoms with Gasteiger partial charge in [0.2, 0.25) is 5.91 Å². The Hall–Kier alpha value is -6.53. The van der Waals surface area contributed by atoms with Crippen molar-refractivity contribution >= 4 is 17.9 Å². The highest BCUT2D eigenvalue weighted by atomic mass is 16.5. The third-order valence-corrected chi connectivity index (χ3v) is 12.5. The second-order valence-corrected chi connectivity index (χ2v) is 16.4. The molecule has 61 heavy (non-hydrogen) atoms. The molecule has 6 aromatic rings. The number of rotatable bonds is 12. The molecule has 0 bridgehead atoms. The molecule has 5 heterocycles. The summed E-state index contributed by atoms with van der Waals surface area (Å²) in [6.07, 6.45) is 9.40. The van der Waals surface area contributed by atoms with Crippen molar-refractivity contribution in [2.45, 2.75) is 69.6 Å². The topological polar surface area (TPSA) is 140 Å². The summed E-state index contributed by atoms with van der Waals surface area (Å²) >= 11 is 0. The molecule has 3 aliphatic rings. The first-order valence-corrected chi connectivity index (χ1v) is 21.5. The van der Waals surface area contributed by atoms with Gasteiger partial charge in [-0.1, -0.05) is 103 Å². The van der Waals surface area contributed by atoms with E-state index in [0.29, 0.717) is 24.4 Å². The largest absolute Gasteiger partial charge is 0.453 e. The van der Waals surface area contributed by atoms with Crippen LogP contribution in [0.1, 0.15) is 85.0 Å². The van der Waals surface area contributed by atoms with Gasteiger partial charge in [0.1, 0.15) is 17.7 Å². The maximum Gasteiger partial charge on any atom is 0.407 e. The number of ether oxygens (including phenoxy) is 1. The van der Waals surface area contributed by atoms with Crippen molar-refractivity contribution < 1.29 is 19.1 Å². The summed E-state index contributed by atoms with van der Waals surface area (Å²) < 4.78 is 4.84. The molecule has 0 aliphatic carbocycles. The third kappa shape index (κ3) is 8.72. The van der Waals surface area contributed by atoms with Gasteiger partial charge in [-0.2, -0.15) is 0 Å². The third-order valence-electron chi connectivity index (χ3n) is 12.5. The second kappa shape index (κ2) is 18.0. The molecule has 12 nitrogen and oxygen atoms in total. The number of hydrogen-bond acceptors (Lipinski definition) is 7. The lowest BCUT2D eigenvalue weighted by Gasteiger charge is -2.28. The zero-order valence-electron chi connectivity index (χ0n) is 34.6. The van der Waals surface area contributed by atoms with E-state index >= 15 is 0 Å². The summed E-state index contributed by atoms with van der Waals surface area (Å²) in [7, 11) is 1.29. The molecule has 3 amide bonds. The van der Waals surface area contributed by atoms with Crippen LogP contribution in [0, 0.1) is 0 Å². The molecule has 0 saturated carbocycles. The number of amides is 3. The summed E-state index contributed by atoms with van der Waals surface area (Å²) in [5.41, 5.74) is 9.06. The minimum absolute atomic E-state index is 0.0577. The van der Waals surface area contributed by atoms with E-state index in [1.54, 1.807) is 4.90 Å². The number of H-pyrrole nitrogens is 2. The number of likely N-dealkylation sites (tertiary alicyclic amines) is 3. The van der Waals surface area contributed by atoms with Crippen LogP contribution < -0.4 is 5.32 Å². The lowest BCUT2D eigenvalue weighted by Crippen LogP contribution is -2.42. The van der Waals surface area contributed by atoms with Crippen molar-refractivity contribution in [1.82, 2.24) is 40.0 Å². The van der Waals surface area contributed by atoms with Crippen molar-refractivity contribution in [3.63, 3.8) is 0 Å². The van der Waals surface area contributed by atoms with Gasteiger partial charge < -0.3 is 29.8 Å². The van der Waals surface area contributed by atoms with Gasteiger partial charge in [-0.15, -0.1) is 0 Å². The minimum atomic E-state index is -0.870. The SMILES string of the molecule is COC(=O)N[C@@H](C(=O)N1CCC[C@H]1c1ncc(-c2ccc(-c3ccc(-c4cnc([C@@H]5CCCN5C(=O)Cc5ccccc5CN5CCCC5)[nH]4)cc3)cc2)[nH]1)c1ccccc1. The van der Waals surface area contributed by atoms with Gasteiger partial charge in [-0.25, -0.2) is 14.8 Å². The normalized spacial score (nSPS) is 18.4. The first-order chi connectivity index (χ1) is 29.9. The molecule has 2 aromatic heterocycles. The van der Waals surface area contributed by atoms with Crippen LogP contribution in [0.25, 0.3) is 33.6 Å². The molecule has 0 radical (unpaired) electrons. The predicted octanol–water partition coefficient (Wildman–Crippen LogP) is 8.40. The fraction of sp³-hybridized carbons (Fsp3) is 0.327. The summed E-state index contributed by atoms with van der Waals surface area (Å²) in [5, 5.41) is 2.72. The number of imidazole rings is 2. The van der Waals surface area contributed by atoms with E-state index in [1.165, 1.54) is 25.5 Å². The molecule has 3 atom stereocenters. The highest BCUT2D eigenvalue weighted by Crippen LogP contribution is 2.36. The standard InChI is InChI=1S/C49H52N8O4/c1-61-49(60)54-45(37-11-3-2-4-12-37)48(59)57-28-10-16-43(57)47-51-31-41(53-47)36-23-19-34(20-24-36)33-17-21-35(22-18-33)40-30-50-46(52-40)42-15-9-27-56(42)44(58)29-38-13-5-6-14-39(38)32-55-25-7-8-26-55/h2-6,11-14,17-24,30-31,42-43,45H,7-10,15-16,25-29,32H2,1H3,(H,50,52)(H,51,53)(H,54,60)/t42-,43-,45+/m0/s1. The fourth-order valence-corrected chi connectivity index (χ4v) is 9.26. The van der Waals surface area contributed by atoms with E-state index in [2.05, 4.69) is 86.9 Å². The highest BCUT2D eigenvalue weighted by molar-refractivity contribution is 5.87. The van der Waals surface area contributed by atoms with E-state index in [4.69, 9.17) is 14.7 Å². The molecular formula is C49H52N8O4. The first-order valence-electron chi connectivity index (χ1n) is 21.5. The molecule has 0 unspecified atom stereocenters. The molecule has 3 N–H and O–H groups in total. The Morgan fingerprint density at radius 2 is 1.18 bits per heavy atom. The summed E-state index contributed by atoms with van der Waals surface area (Å²) in [5.74, 6) is 1.52. The van der Waals surface area contributed by atoms with Crippen LogP contribution in [-0.2, 0) is 27.3 Å². The number of hydrogen-bond donors (Lipinski definition) is 3. The Morgan fingerprint density at radius 1 is 0.656 bits per heavy atom. The van der Waals surface area contributed by atoms with E-state index < -0.39 is 12.1 Å². The molecule has 312 valence electrons. The number of methoxy groups -OCH3 is 1. The molecule has 3 saturated heterocycles. The van der Waals surface area contributed by atoms with Crippen molar-refractivity contribution in [2.24, 2.45) is 0 Å². The van der Waals surface area contributed by atoms with Gasteiger partial charge >= 0.3 is 6.09 Å². The Labute approximate surface area is 356 Å². The average Bonchev–Trinajstić information content (AvgIpc) is 4.16. The molecular weight excluding hydrogens is 765 g/mol. The number of benzene rings is 4. The number of nitrogens with zero attached hydrogens (tertiary/aromatic N) is 5. The van der Waals surface area contributed by atoms with Crippen molar-refractivity contribution in [1.29, 1.82) is 0 Å². The lowest BCUT2D eigenvalue weighted by atomic mass is 10.0. The van der Waals surface area contributed by atoms with Gasteiger partial charge in [0.15, 0.2) is 0 Å². The zero-order chi connectivity index (χ0) is 41.7. The molecule has 12 heteroatoms. The van der Waals surface area contributed by atoms with Crippen LogP contribution in [0.4, 0.5) is 4.79 Å². The van der Waals surface area contributed by atoms with Crippen LogP contribution in [0.5, 0.6) is 0 Å². The number of aromatic amines is 2. The second-order valence-electron chi connectivity index (χ2n) is 16.4. The number of carbonyl (C=O) groups is 3. The van der Waals surface area contributed by atoms with E-state index in [1.807, 2.05) is 53.7 Å². The fourth-order valence-electron chi connectivity index (χ4n) is 9.26. The minimum Gasteiger partial charge on any atom is -0.453 e.